The van der Waals surface area contributed by atoms with Gasteiger partial charge >= 0.3 is 0 Å². The number of aryl methyl sites for hydroxylation is 2. The average molecular weight is 332 g/mol. The van der Waals surface area contributed by atoms with E-state index in [2.05, 4.69) is 15.0 Å². The molecule has 0 aliphatic carbocycles. The number of hydrogen-bond acceptors (Lipinski definition) is 4. The van der Waals surface area contributed by atoms with E-state index in [-0.39, 0.29) is 18.6 Å². The molecule has 0 amide bonds. The van der Waals surface area contributed by atoms with E-state index >= 15 is 0 Å². The van der Waals surface area contributed by atoms with Crippen molar-refractivity contribution in [3.63, 3.8) is 0 Å². The number of guanidine groups is 1. The fraction of sp³-hybridized carbons (Fsp3) is 0.615. The molecule has 6 nitrogen and oxygen atoms in total. The summed E-state index contributed by atoms with van der Waals surface area (Å²) < 4.78 is 26.8. The van der Waals surface area contributed by atoms with Crippen LogP contribution in [0.25, 0.3) is 0 Å². The van der Waals surface area contributed by atoms with E-state index in [0.717, 1.165) is 9.75 Å². The Morgan fingerprint density at radius 1 is 1.38 bits per heavy atom. The Balaban J connectivity index is 2.56. The molecule has 0 atom stereocenters. The summed E-state index contributed by atoms with van der Waals surface area (Å²) in [7, 11) is -3.47. The van der Waals surface area contributed by atoms with Crippen LogP contribution in [0.15, 0.2) is 16.0 Å². The van der Waals surface area contributed by atoms with Crippen LogP contribution in [0, 0.1) is 13.8 Å². The molecule has 0 saturated heterocycles. The SMILES string of the molecule is Cc1cc(S(=O)(=O)NCCN=C(N)NC(C)(C)C)c(C)s1. The Bertz CT molecular complexity index is 613. The van der Waals surface area contributed by atoms with Crippen LogP contribution in [0.4, 0.5) is 0 Å². The maximum atomic E-state index is 12.1. The van der Waals surface area contributed by atoms with Crippen LogP contribution in [-0.2, 0) is 10.0 Å². The minimum atomic E-state index is -3.47. The van der Waals surface area contributed by atoms with Crippen LogP contribution in [0.2, 0.25) is 0 Å². The molecular weight excluding hydrogens is 308 g/mol. The van der Waals surface area contributed by atoms with Gasteiger partial charge in [-0.3, -0.25) is 4.99 Å². The molecule has 120 valence electrons. The van der Waals surface area contributed by atoms with Gasteiger partial charge in [-0.25, -0.2) is 13.1 Å². The molecule has 1 aromatic rings. The van der Waals surface area contributed by atoms with Gasteiger partial charge in [0.1, 0.15) is 0 Å². The first-order valence-corrected chi connectivity index (χ1v) is 8.96. The van der Waals surface area contributed by atoms with E-state index in [4.69, 9.17) is 5.73 Å². The van der Waals surface area contributed by atoms with Crippen LogP contribution in [0.3, 0.4) is 0 Å². The molecule has 0 bridgehead atoms. The lowest BCUT2D eigenvalue weighted by Gasteiger charge is -2.20. The third-order valence-electron chi connectivity index (χ3n) is 2.47. The van der Waals surface area contributed by atoms with Crippen LogP contribution in [0.5, 0.6) is 0 Å². The van der Waals surface area contributed by atoms with E-state index in [1.54, 1.807) is 13.0 Å². The first-order valence-electron chi connectivity index (χ1n) is 6.66. The van der Waals surface area contributed by atoms with Crippen molar-refractivity contribution in [2.45, 2.75) is 45.1 Å². The van der Waals surface area contributed by atoms with Gasteiger partial charge < -0.3 is 11.1 Å². The lowest BCUT2D eigenvalue weighted by Crippen LogP contribution is -2.45. The van der Waals surface area contributed by atoms with Crippen molar-refractivity contribution in [1.82, 2.24) is 10.0 Å². The predicted molar refractivity (Wildman–Crippen MR) is 88.4 cm³/mol. The molecule has 0 radical (unpaired) electrons. The number of nitrogens with two attached hydrogens (primary N) is 1. The summed E-state index contributed by atoms with van der Waals surface area (Å²) in [5.74, 6) is 0.309. The zero-order valence-corrected chi connectivity index (χ0v) is 14.8. The molecule has 4 N–H and O–H groups in total. The number of nitrogens with zero attached hydrogens (tertiary/aromatic N) is 1. The first kappa shape index (κ1) is 17.9. The van der Waals surface area contributed by atoms with Crippen molar-refractivity contribution in [2.75, 3.05) is 13.1 Å². The highest BCUT2D eigenvalue weighted by molar-refractivity contribution is 7.89. The van der Waals surface area contributed by atoms with Gasteiger partial charge in [0.15, 0.2) is 5.96 Å². The Hall–Kier alpha value is -1.12. The Morgan fingerprint density at radius 2 is 2.00 bits per heavy atom. The molecule has 0 saturated carbocycles. The number of rotatable bonds is 5. The third kappa shape index (κ3) is 6.03. The van der Waals surface area contributed by atoms with E-state index in [9.17, 15) is 8.42 Å². The second-order valence-electron chi connectivity index (χ2n) is 5.82. The Morgan fingerprint density at radius 3 is 2.48 bits per heavy atom. The number of hydrogen-bond donors (Lipinski definition) is 3. The van der Waals surface area contributed by atoms with Crippen molar-refractivity contribution in [2.24, 2.45) is 10.7 Å². The monoisotopic (exact) mass is 332 g/mol. The molecule has 1 aromatic heterocycles. The summed E-state index contributed by atoms with van der Waals surface area (Å²) in [6.07, 6.45) is 0. The van der Waals surface area contributed by atoms with E-state index in [0.29, 0.717) is 10.9 Å². The third-order valence-corrected chi connectivity index (χ3v) is 5.16. The average Bonchev–Trinajstić information content (AvgIpc) is 2.62. The summed E-state index contributed by atoms with van der Waals surface area (Å²) in [5.41, 5.74) is 5.54. The van der Waals surface area contributed by atoms with Crippen molar-refractivity contribution in [1.29, 1.82) is 0 Å². The summed E-state index contributed by atoms with van der Waals surface area (Å²) in [5, 5.41) is 3.01. The fourth-order valence-electron chi connectivity index (χ4n) is 1.73. The Kier molecular flexibility index (Phi) is 5.77. The summed E-state index contributed by atoms with van der Waals surface area (Å²) in [6, 6.07) is 1.68. The second-order valence-corrected chi connectivity index (χ2v) is 9.01. The van der Waals surface area contributed by atoms with Crippen LogP contribution < -0.4 is 15.8 Å². The van der Waals surface area contributed by atoms with Gasteiger partial charge in [-0.2, -0.15) is 0 Å². The quantitative estimate of drug-likeness (QED) is 0.431. The van der Waals surface area contributed by atoms with Gasteiger partial charge in [0.25, 0.3) is 0 Å². The Labute approximate surface area is 130 Å². The first-order chi connectivity index (χ1) is 9.51. The van der Waals surface area contributed by atoms with Crippen molar-refractivity contribution < 1.29 is 8.42 Å². The molecule has 8 heteroatoms. The highest BCUT2D eigenvalue weighted by Gasteiger charge is 2.18. The molecule has 0 spiro atoms. The number of nitrogens with one attached hydrogen (secondary N) is 2. The molecular formula is C13H24N4O2S2. The van der Waals surface area contributed by atoms with Gasteiger partial charge in [0.05, 0.1) is 11.4 Å². The number of thiophene rings is 1. The zero-order valence-electron chi connectivity index (χ0n) is 13.1. The highest BCUT2D eigenvalue weighted by Crippen LogP contribution is 2.24. The summed E-state index contributed by atoms with van der Waals surface area (Å²) in [4.78, 5) is 6.20. The lowest BCUT2D eigenvalue weighted by atomic mass is 10.1. The molecule has 0 aliphatic heterocycles. The molecule has 0 aromatic carbocycles. The fourth-order valence-corrected chi connectivity index (χ4v) is 4.31. The topological polar surface area (TPSA) is 96.6 Å². The van der Waals surface area contributed by atoms with Crippen molar-refractivity contribution in [3.05, 3.63) is 15.8 Å². The molecule has 21 heavy (non-hydrogen) atoms. The largest absolute Gasteiger partial charge is 0.370 e. The molecule has 0 fully saturated rings. The highest BCUT2D eigenvalue weighted by atomic mass is 32.2. The summed E-state index contributed by atoms with van der Waals surface area (Å²) >= 11 is 1.47. The minimum absolute atomic E-state index is 0.168. The molecule has 0 aliphatic rings. The van der Waals surface area contributed by atoms with Crippen molar-refractivity contribution >= 4 is 27.3 Å². The normalized spacial score (nSPS) is 13.5. The maximum Gasteiger partial charge on any atom is 0.241 e. The van der Waals surface area contributed by atoms with Gasteiger partial charge in [0.2, 0.25) is 10.0 Å². The van der Waals surface area contributed by atoms with Gasteiger partial charge in [0, 0.05) is 21.8 Å². The molecule has 1 rings (SSSR count). The number of aliphatic imine (C=N–C) groups is 1. The van der Waals surface area contributed by atoms with E-state index in [1.165, 1.54) is 11.3 Å². The lowest BCUT2D eigenvalue weighted by molar-refractivity contribution is 0.508. The zero-order chi connectivity index (χ0) is 16.3. The van der Waals surface area contributed by atoms with Gasteiger partial charge in [-0.15, -0.1) is 11.3 Å². The van der Waals surface area contributed by atoms with Crippen LogP contribution in [-0.4, -0.2) is 33.0 Å². The van der Waals surface area contributed by atoms with Gasteiger partial charge in [-0.05, 0) is 40.7 Å². The van der Waals surface area contributed by atoms with Crippen molar-refractivity contribution in [3.8, 4) is 0 Å². The predicted octanol–water partition coefficient (Wildman–Crippen LogP) is 1.35. The molecule has 0 unspecified atom stereocenters. The second kappa shape index (κ2) is 6.76. The standard InChI is InChI=1S/C13H24N4O2S2/c1-9-8-11(10(2)20-9)21(18,19)16-7-6-15-12(14)17-13(3,4)5/h8,16H,6-7H2,1-5H3,(H3,14,15,17). The summed E-state index contributed by atoms with van der Waals surface area (Å²) in [6.45, 7) is 10.1. The number of sulfonamides is 1. The van der Waals surface area contributed by atoms with E-state index < -0.39 is 10.0 Å². The smallest absolute Gasteiger partial charge is 0.241 e. The van der Waals surface area contributed by atoms with Gasteiger partial charge in [-0.1, -0.05) is 0 Å². The minimum Gasteiger partial charge on any atom is -0.370 e. The molecule has 1 heterocycles. The van der Waals surface area contributed by atoms with Crippen LogP contribution >= 0.6 is 11.3 Å². The van der Waals surface area contributed by atoms with Crippen LogP contribution in [0.1, 0.15) is 30.5 Å². The van der Waals surface area contributed by atoms with E-state index in [1.807, 2.05) is 27.7 Å². The maximum absolute atomic E-state index is 12.1.